The summed E-state index contributed by atoms with van der Waals surface area (Å²) >= 11 is 1.47. The smallest absolute Gasteiger partial charge is 0.237 e. The standard InChI is InChI=1S/C22H25N3O2S/c1-3-14-25-15-13-23-22(25)28-17(2)21(26)24-19-9-11-20(12-10-19)27-16-18-7-5-4-6-8-18/h4-13,15,17H,3,14,16H2,1-2H3,(H,24,26). The molecule has 0 aliphatic heterocycles. The van der Waals surface area contributed by atoms with Crippen molar-refractivity contribution in [3.63, 3.8) is 0 Å². The molecule has 1 N–H and O–H groups in total. The molecule has 28 heavy (non-hydrogen) atoms. The molecule has 0 bridgehead atoms. The van der Waals surface area contributed by atoms with Gasteiger partial charge in [0.05, 0.1) is 5.25 Å². The molecule has 0 saturated heterocycles. The minimum absolute atomic E-state index is 0.0472. The maximum absolute atomic E-state index is 12.5. The van der Waals surface area contributed by atoms with E-state index in [1.54, 1.807) is 6.20 Å². The van der Waals surface area contributed by atoms with E-state index in [9.17, 15) is 4.79 Å². The lowest BCUT2D eigenvalue weighted by atomic mass is 10.2. The van der Waals surface area contributed by atoms with Gasteiger partial charge in [0.2, 0.25) is 5.91 Å². The summed E-state index contributed by atoms with van der Waals surface area (Å²) in [5.74, 6) is 0.722. The van der Waals surface area contributed by atoms with E-state index in [2.05, 4.69) is 21.8 Å². The number of carbonyl (C=O) groups is 1. The predicted molar refractivity (Wildman–Crippen MR) is 114 cm³/mol. The highest BCUT2D eigenvalue weighted by atomic mass is 32.2. The Labute approximate surface area is 170 Å². The van der Waals surface area contributed by atoms with Gasteiger partial charge >= 0.3 is 0 Å². The number of nitrogens with zero attached hydrogens (tertiary/aromatic N) is 2. The van der Waals surface area contributed by atoms with E-state index in [4.69, 9.17) is 4.74 Å². The molecular formula is C22H25N3O2S. The van der Waals surface area contributed by atoms with E-state index in [1.165, 1.54) is 11.8 Å². The zero-order valence-corrected chi connectivity index (χ0v) is 17.0. The molecule has 3 rings (SSSR count). The van der Waals surface area contributed by atoms with Gasteiger partial charge in [-0.3, -0.25) is 4.79 Å². The molecule has 6 heteroatoms. The summed E-state index contributed by atoms with van der Waals surface area (Å²) < 4.78 is 7.85. The Balaban J connectivity index is 1.51. The molecule has 1 aromatic heterocycles. The third-order valence-corrected chi connectivity index (χ3v) is 5.28. The van der Waals surface area contributed by atoms with Crippen LogP contribution in [0.25, 0.3) is 0 Å². The van der Waals surface area contributed by atoms with Crippen LogP contribution in [0.1, 0.15) is 25.8 Å². The van der Waals surface area contributed by atoms with Crippen molar-refractivity contribution in [3.05, 3.63) is 72.6 Å². The fourth-order valence-corrected chi connectivity index (χ4v) is 3.55. The lowest BCUT2D eigenvalue weighted by Crippen LogP contribution is -2.22. The SMILES string of the molecule is CCCn1ccnc1SC(C)C(=O)Nc1ccc(OCc2ccccc2)cc1. The number of hydrogen-bond donors (Lipinski definition) is 1. The fourth-order valence-electron chi connectivity index (χ4n) is 2.66. The number of amides is 1. The van der Waals surface area contributed by atoms with Crippen molar-refractivity contribution in [2.75, 3.05) is 5.32 Å². The molecule has 0 saturated carbocycles. The highest BCUT2D eigenvalue weighted by Gasteiger charge is 2.17. The van der Waals surface area contributed by atoms with Crippen LogP contribution in [-0.4, -0.2) is 20.7 Å². The third-order valence-electron chi connectivity index (χ3n) is 4.16. The molecule has 146 valence electrons. The lowest BCUT2D eigenvalue weighted by molar-refractivity contribution is -0.115. The van der Waals surface area contributed by atoms with Crippen LogP contribution in [-0.2, 0) is 17.9 Å². The number of aromatic nitrogens is 2. The van der Waals surface area contributed by atoms with Crippen LogP contribution < -0.4 is 10.1 Å². The molecule has 5 nitrogen and oxygen atoms in total. The van der Waals surface area contributed by atoms with Crippen LogP contribution in [0.5, 0.6) is 5.75 Å². The Bertz CT molecular complexity index is 878. The quantitative estimate of drug-likeness (QED) is 0.519. The minimum Gasteiger partial charge on any atom is -0.489 e. The first-order chi connectivity index (χ1) is 13.7. The second-order valence-corrected chi connectivity index (χ2v) is 7.76. The molecule has 3 aromatic rings. The number of imidazole rings is 1. The highest BCUT2D eigenvalue weighted by molar-refractivity contribution is 8.00. The average molecular weight is 396 g/mol. The number of ether oxygens (including phenoxy) is 1. The van der Waals surface area contributed by atoms with Gasteiger partial charge in [-0.1, -0.05) is 49.0 Å². The number of benzene rings is 2. The minimum atomic E-state index is -0.244. The van der Waals surface area contributed by atoms with Gasteiger partial charge in [-0.15, -0.1) is 0 Å². The predicted octanol–water partition coefficient (Wildman–Crippen LogP) is 4.99. The van der Waals surface area contributed by atoms with Crippen molar-refractivity contribution in [1.82, 2.24) is 9.55 Å². The van der Waals surface area contributed by atoms with Crippen LogP contribution in [0.3, 0.4) is 0 Å². The Morgan fingerprint density at radius 3 is 2.64 bits per heavy atom. The van der Waals surface area contributed by atoms with Gasteiger partial charge in [-0.2, -0.15) is 0 Å². The van der Waals surface area contributed by atoms with Crippen LogP contribution >= 0.6 is 11.8 Å². The van der Waals surface area contributed by atoms with E-state index >= 15 is 0 Å². The van der Waals surface area contributed by atoms with Crippen LogP contribution in [0.2, 0.25) is 0 Å². The summed E-state index contributed by atoms with van der Waals surface area (Å²) in [6, 6.07) is 17.5. The maximum Gasteiger partial charge on any atom is 0.237 e. The van der Waals surface area contributed by atoms with Crippen molar-refractivity contribution in [3.8, 4) is 5.75 Å². The largest absolute Gasteiger partial charge is 0.489 e. The van der Waals surface area contributed by atoms with E-state index in [-0.39, 0.29) is 11.2 Å². The molecule has 1 atom stereocenters. The van der Waals surface area contributed by atoms with Crippen molar-refractivity contribution in [2.45, 2.75) is 43.8 Å². The van der Waals surface area contributed by atoms with Crippen molar-refractivity contribution >= 4 is 23.4 Å². The Kier molecular flexibility index (Phi) is 7.14. The van der Waals surface area contributed by atoms with E-state index < -0.39 is 0 Å². The second kappa shape index (κ2) is 9.99. The molecular weight excluding hydrogens is 370 g/mol. The number of thioether (sulfide) groups is 1. The molecule has 0 spiro atoms. The monoisotopic (exact) mass is 395 g/mol. The van der Waals surface area contributed by atoms with Crippen molar-refractivity contribution < 1.29 is 9.53 Å². The molecule has 0 aliphatic carbocycles. The van der Waals surface area contributed by atoms with Gasteiger partial charge in [0, 0.05) is 24.6 Å². The molecule has 1 amide bonds. The number of carbonyl (C=O) groups excluding carboxylic acids is 1. The molecule has 1 unspecified atom stereocenters. The number of anilines is 1. The van der Waals surface area contributed by atoms with E-state index in [1.807, 2.05) is 67.7 Å². The Morgan fingerprint density at radius 2 is 1.93 bits per heavy atom. The zero-order valence-electron chi connectivity index (χ0n) is 16.2. The summed E-state index contributed by atoms with van der Waals surface area (Å²) in [6.45, 7) is 5.44. The summed E-state index contributed by atoms with van der Waals surface area (Å²) in [7, 11) is 0. The second-order valence-electron chi connectivity index (χ2n) is 6.45. The number of nitrogens with one attached hydrogen (secondary N) is 1. The van der Waals surface area contributed by atoms with Gasteiger partial charge in [-0.05, 0) is 43.2 Å². The van der Waals surface area contributed by atoms with Gasteiger partial charge in [0.25, 0.3) is 0 Å². The van der Waals surface area contributed by atoms with Crippen molar-refractivity contribution in [1.29, 1.82) is 0 Å². The zero-order chi connectivity index (χ0) is 19.8. The van der Waals surface area contributed by atoms with Crippen molar-refractivity contribution in [2.24, 2.45) is 0 Å². The molecule has 0 radical (unpaired) electrons. The first-order valence-corrected chi connectivity index (χ1v) is 10.3. The van der Waals surface area contributed by atoms with Gasteiger partial charge in [0.15, 0.2) is 5.16 Å². The summed E-state index contributed by atoms with van der Waals surface area (Å²) in [4.78, 5) is 16.9. The summed E-state index contributed by atoms with van der Waals surface area (Å²) in [5, 5.41) is 3.58. The van der Waals surface area contributed by atoms with Gasteiger partial charge in [0.1, 0.15) is 12.4 Å². The van der Waals surface area contributed by atoms with Crippen LogP contribution in [0.4, 0.5) is 5.69 Å². The molecule has 1 heterocycles. The Hall–Kier alpha value is -2.73. The van der Waals surface area contributed by atoms with E-state index in [0.717, 1.165) is 35.1 Å². The number of rotatable bonds is 9. The highest BCUT2D eigenvalue weighted by Crippen LogP contribution is 2.24. The average Bonchev–Trinajstić information content (AvgIpc) is 3.15. The first kappa shape index (κ1) is 20.0. The lowest BCUT2D eigenvalue weighted by Gasteiger charge is -2.13. The fraction of sp³-hybridized carbons (Fsp3) is 0.273. The summed E-state index contributed by atoms with van der Waals surface area (Å²) in [5.41, 5.74) is 1.87. The molecule has 0 fully saturated rings. The third kappa shape index (κ3) is 5.63. The molecule has 0 aliphatic rings. The summed E-state index contributed by atoms with van der Waals surface area (Å²) in [6.07, 6.45) is 4.75. The van der Waals surface area contributed by atoms with Crippen LogP contribution in [0, 0.1) is 0 Å². The van der Waals surface area contributed by atoms with E-state index in [0.29, 0.717) is 6.61 Å². The Morgan fingerprint density at radius 1 is 1.18 bits per heavy atom. The first-order valence-electron chi connectivity index (χ1n) is 9.41. The normalized spacial score (nSPS) is 11.8. The maximum atomic E-state index is 12.5. The molecule has 2 aromatic carbocycles. The number of aryl methyl sites for hydroxylation is 1. The van der Waals surface area contributed by atoms with Crippen LogP contribution in [0.15, 0.2) is 72.1 Å². The van der Waals surface area contributed by atoms with Gasteiger partial charge < -0.3 is 14.6 Å². The topological polar surface area (TPSA) is 56.2 Å². The number of hydrogen-bond acceptors (Lipinski definition) is 4. The van der Waals surface area contributed by atoms with Gasteiger partial charge in [-0.25, -0.2) is 4.98 Å².